The highest BCUT2D eigenvalue weighted by atomic mass is 16.5. The van der Waals surface area contributed by atoms with E-state index in [0.717, 1.165) is 39.1 Å². The van der Waals surface area contributed by atoms with Crippen molar-refractivity contribution in [2.24, 2.45) is 0 Å². The number of piperidine rings is 1. The predicted octanol–water partition coefficient (Wildman–Crippen LogP) is 1.88. The molecule has 100 valence electrons. The van der Waals surface area contributed by atoms with E-state index in [9.17, 15) is 0 Å². The lowest BCUT2D eigenvalue weighted by Crippen LogP contribution is -2.39. The third kappa shape index (κ3) is 2.19. The van der Waals surface area contributed by atoms with Crippen LogP contribution in [-0.2, 0) is 10.2 Å². The van der Waals surface area contributed by atoms with E-state index in [-0.39, 0.29) is 0 Å². The molecule has 2 saturated heterocycles. The zero-order valence-corrected chi connectivity index (χ0v) is 11.2. The number of nitrogens with zero attached hydrogens (tertiary/aromatic N) is 2. The minimum Gasteiger partial charge on any atom is -0.381 e. The fourth-order valence-corrected chi connectivity index (χ4v) is 3.26. The third-order valence-electron chi connectivity index (χ3n) is 4.58. The van der Waals surface area contributed by atoms with Crippen molar-refractivity contribution in [3.05, 3.63) is 18.2 Å². The summed E-state index contributed by atoms with van der Waals surface area (Å²) in [7, 11) is 0. The molecule has 0 aromatic carbocycles. The smallest absolute Gasteiger partial charge is 0.0951 e. The summed E-state index contributed by atoms with van der Waals surface area (Å²) in [6.07, 6.45) is 8.78. The normalized spacial score (nSPS) is 25.2. The standard InChI is InChI=1S/C14H23N3O/c1-14(4-6-15-7-5-14)13-10-16-11-17(13)12-2-8-18-9-3-12/h10-12,15H,2-9H2,1H3. The van der Waals surface area contributed by atoms with Crippen LogP contribution < -0.4 is 5.32 Å². The van der Waals surface area contributed by atoms with E-state index in [1.165, 1.54) is 18.5 Å². The van der Waals surface area contributed by atoms with Gasteiger partial charge in [0.15, 0.2) is 0 Å². The molecule has 0 aliphatic carbocycles. The summed E-state index contributed by atoms with van der Waals surface area (Å²) >= 11 is 0. The molecule has 1 N–H and O–H groups in total. The molecule has 0 spiro atoms. The van der Waals surface area contributed by atoms with Crippen molar-refractivity contribution in [2.45, 2.75) is 44.1 Å². The van der Waals surface area contributed by atoms with E-state index in [1.54, 1.807) is 0 Å². The van der Waals surface area contributed by atoms with Gasteiger partial charge in [-0.25, -0.2) is 4.98 Å². The van der Waals surface area contributed by atoms with Gasteiger partial charge in [0.1, 0.15) is 0 Å². The van der Waals surface area contributed by atoms with E-state index in [4.69, 9.17) is 4.74 Å². The summed E-state index contributed by atoms with van der Waals surface area (Å²) in [6, 6.07) is 0.586. The van der Waals surface area contributed by atoms with Crippen molar-refractivity contribution in [3.63, 3.8) is 0 Å². The highest BCUT2D eigenvalue weighted by molar-refractivity contribution is 5.16. The lowest BCUT2D eigenvalue weighted by atomic mass is 9.78. The summed E-state index contributed by atoms with van der Waals surface area (Å²) in [5.41, 5.74) is 1.72. The van der Waals surface area contributed by atoms with E-state index >= 15 is 0 Å². The second-order valence-electron chi connectivity index (χ2n) is 5.84. The Kier molecular flexibility index (Phi) is 3.39. The molecular weight excluding hydrogens is 226 g/mol. The number of ether oxygens (including phenoxy) is 1. The van der Waals surface area contributed by atoms with Crippen molar-refractivity contribution in [2.75, 3.05) is 26.3 Å². The quantitative estimate of drug-likeness (QED) is 0.870. The lowest BCUT2D eigenvalue weighted by Gasteiger charge is -2.36. The van der Waals surface area contributed by atoms with Crippen LogP contribution in [-0.4, -0.2) is 35.9 Å². The molecule has 0 unspecified atom stereocenters. The number of hydrogen-bond acceptors (Lipinski definition) is 3. The third-order valence-corrected chi connectivity index (χ3v) is 4.58. The Morgan fingerprint density at radius 3 is 2.78 bits per heavy atom. The monoisotopic (exact) mass is 249 g/mol. The Morgan fingerprint density at radius 2 is 2.06 bits per heavy atom. The summed E-state index contributed by atoms with van der Waals surface area (Å²) in [4.78, 5) is 4.42. The largest absolute Gasteiger partial charge is 0.381 e. The summed E-state index contributed by atoms with van der Waals surface area (Å²) in [5, 5.41) is 3.45. The van der Waals surface area contributed by atoms with E-state index in [0.29, 0.717) is 11.5 Å². The Balaban J connectivity index is 1.85. The molecule has 3 heterocycles. The average Bonchev–Trinajstić information content (AvgIpc) is 2.91. The Labute approximate surface area is 109 Å². The maximum atomic E-state index is 5.46. The Hall–Kier alpha value is -0.870. The molecule has 4 heteroatoms. The molecule has 0 saturated carbocycles. The Bertz CT molecular complexity index is 389. The van der Waals surface area contributed by atoms with E-state index in [2.05, 4.69) is 28.0 Å². The number of nitrogens with one attached hydrogen (secondary N) is 1. The second-order valence-corrected chi connectivity index (χ2v) is 5.84. The average molecular weight is 249 g/mol. The fourth-order valence-electron chi connectivity index (χ4n) is 3.26. The van der Waals surface area contributed by atoms with Crippen LogP contribution in [0.3, 0.4) is 0 Å². The van der Waals surface area contributed by atoms with E-state index in [1.807, 2.05) is 6.33 Å². The first-order chi connectivity index (χ1) is 8.80. The molecule has 18 heavy (non-hydrogen) atoms. The lowest BCUT2D eigenvalue weighted by molar-refractivity contribution is 0.0676. The maximum Gasteiger partial charge on any atom is 0.0951 e. The van der Waals surface area contributed by atoms with Crippen LogP contribution >= 0.6 is 0 Å². The zero-order chi connectivity index (χ0) is 12.4. The van der Waals surface area contributed by atoms with E-state index < -0.39 is 0 Å². The van der Waals surface area contributed by atoms with Crippen LogP contribution in [0.4, 0.5) is 0 Å². The van der Waals surface area contributed by atoms with Crippen LogP contribution in [0, 0.1) is 0 Å². The SMILES string of the molecule is CC1(c2cncn2C2CCOCC2)CCNCC1. The van der Waals surface area contributed by atoms with Crippen LogP contribution in [0.15, 0.2) is 12.5 Å². The minimum absolute atomic E-state index is 0.292. The molecule has 2 aliphatic heterocycles. The molecule has 0 bridgehead atoms. The van der Waals surface area contributed by atoms with Gasteiger partial charge in [0.2, 0.25) is 0 Å². The highest BCUT2D eigenvalue weighted by Crippen LogP contribution is 2.35. The van der Waals surface area contributed by atoms with Gasteiger partial charge in [-0.2, -0.15) is 0 Å². The molecule has 1 aromatic rings. The van der Waals surface area contributed by atoms with Gasteiger partial charge in [0.05, 0.1) is 6.33 Å². The molecule has 0 radical (unpaired) electrons. The first kappa shape index (κ1) is 12.2. The van der Waals surface area contributed by atoms with Crippen molar-refractivity contribution < 1.29 is 4.74 Å². The zero-order valence-electron chi connectivity index (χ0n) is 11.2. The van der Waals surface area contributed by atoms with Gasteiger partial charge < -0.3 is 14.6 Å². The van der Waals surface area contributed by atoms with Gasteiger partial charge in [0.25, 0.3) is 0 Å². The molecule has 0 atom stereocenters. The number of aromatic nitrogens is 2. The van der Waals surface area contributed by atoms with Crippen molar-refractivity contribution in [3.8, 4) is 0 Å². The van der Waals surface area contributed by atoms with Gasteiger partial charge in [-0.3, -0.25) is 0 Å². The van der Waals surface area contributed by atoms with Crippen LogP contribution in [0.2, 0.25) is 0 Å². The fraction of sp³-hybridized carbons (Fsp3) is 0.786. The van der Waals surface area contributed by atoms with Crippen LogP contribution in [0.5, 0.6) is 0 Å². The molecular formula is C14H23N3O. The van der Waals surface area contributed by atoms with Crippen LogP contribution in [0.1, 0.15) is 44.3 Å². The van der Waals surface area contributed by atoms with Gasteiger partial charge in [-0.1, -0.05) is 6.92 Å². The topological polar surface area (TPSA) is 39.1 Å². The molecule has 2 aliphatic rings. The molecule has 0 amide bonds. The summed E-state index contributed by atoms with van der Waals surface area (Å²) in [5.74, 6) is 0. The maximum absolute atomic E-state index is 5.46. The summed E-state index contributed by atoms with van der Waals surface area (Å²) in [6.45, 7) is 6.41. The first-order valence-electron chi connectivity index (χ1n) is 7.10. The van der Waals surface area contributed by atoms with Crippen molar-refractivity contribution in [1.29, 1.82) is 0 Å². The predicted molar refractivity (Wildman–Crippen MR) is 70.8 cm³/mol. The number of rotatable bonds is 2. The molecule has 1 aromatic heterocycles. The van der Waals surface area contributed by atoms with Gasteiger partial charge >= 0.3 is 0 Å². The summed E-state index contributed by atoms with van der Waals surface area (Å²) < 4.78 is 7.89. The van der Waals surface area contributed by atoms with Crippen molar-refractivity contribution in [1.82, 2.24) is 14.9 Å². The number of hydrogen-bond donors (Lipinski definition) is 1. The Morgan fingerprint density at radius 1 is 1.33 bits per heavy atom. The minimum atomic E-state index is 0.292. The molecule has 3 rings (SSSR count). The number of imidazole rings is 1. The molecule has 2 fully saturated rings. The van der Waals surface area contributed by atoms with Gasteiger partial charge in [-0.15, -0.1) is 0 Å². The first-order valence-corrected chi connectivity index (χ1v) is 7.10. The van der Waals surface area contributed by atoms with Crippen LogP contribution in [0.25, 0.3) is 0 Å². The van der Waals surface area contributed by atoms with Crippen molar-refractivity contribution >= 4 is 0 Å². The molecule has 4 nitrogen and oxygen atoms in total. The second kappa shape index (κ2) is 5.02. The highest BCUT2D eigenvalue weighted by Gasteiger charge is 2.33. The van der Waals surface area contributed by atoms with Gasteiger partial charge in [-0.05, 0) is 38.8 Å². The van der Waals surface area contributed by atoms with Gasteiger partial charge in [0, 0.05) is 36.6 Å².